The van der Waals surface area contributed by atoms with Gasteiger partial charge in [-0.25, -0.2) is 0 Å². The first-order valence-corrected chi connectivity index (χ1v) is 6.67. The summed E-state index contributed by atoms with van der Waals surface area (Å²) in [5, 5.41) is 21.3. The molecule has 3 unspecified atom stereocenters. The SMILES string of the molecule is CC(O)C(CO)NCOCC1[B]CCCCC1. The molecule has 0 spiro atoms. The number of aliphatic hydroxyl groups is 2. The molecule has 1 rings (SSSR count). The van der Waals surface area contributed by atoms with Crippen molar-refractivity contribution in [1.82, 2.24) is 5.32 Å². The van der Waals surface area contributed by atoms with Crippen molar-refractivity contribution in [3.63, 3.8) is 0 Å². The van der Waals surface area contributed by atoms with E-state index in [1.165, 1.54) is 32.0 Å². The molecule has 5 heteroatoms. The minimum Gasteiger partial charge on any atom is -0.395 e. The van der Waals surface area contributed by atoms with Crippen LogP contribution >= 0.6 is 0 Å². The summed E-state index contributed by atoms with van der Waals surface area (Å²) in [6.07, 6.45) is 5.80. The second-order valence-electron chi connectivity index (χ2n) is 4.88. The van der Waals surface area contributed by atoms with Gasteiger partial charge in [-0.05, 0) is 12.7 Å². The lowest BCUT2D eigenvalue weighted by atomic mass is 9.61. The molecule has 0 aliphatic carbocycles. The van der Waals surface area contributed by atoms with Crippen LogP contribution in [0.1, 0.15) is 32.6 Å². The molecule has 1 heterocycles. The van der Waals surface area contributed by atoms with E-state index in [9.17, 15) is 5.11 Å². The van der Waals surface area contributed by atoms with Crippen LogP contribution in [0.3, 0.4) is 0 Å². The van der Waals surface area contributed by atoms with E-state index in [-0.39, 0.29) is 12.6 Å². The van der Waals surface area contributed by atoms with Gasteiger partial charge in [0.2, 0.25) is 0 Å². The fourth-order valence-electron chi connectivity index (χ4n) is 2.11. The van der Waals surface area contributed by atoms with Crippen molar-refractivity contribution in [1.29, 1.82) is 0 Å². The van der Waals surface area contributed by atoms with Crippen LogP contribution in [-0.2, 0) is 4.74 Å². The van der Waals surface area contributed by atoms with Crippen LogP contribution in [0.4, 0.5) is 0 Å². The minimum atomic E-state index is -0.562. The van der Waals surface area contributed by atoms with Crippen LogP contribution in [0.2, 0.25) is 12.1 Å². The zero-order valence-electron chi connectivity index (χ0n) is 10.8. The molecular weight excluding hydrogens is 217 g/mol. The van der Waals surface area contributed by atoms with E-state index in [1.54, 1.807) is 6.92 Å². The molecule has 17 heavy (non-hydrogen) atoms. The zero-order chi connectivity index (χ0) is 12.5. The Labute approximate surface area is 105 Å². The van der Waals surface area contributed by atoms with Gasteiger partial charge in [-0.15, -0.1) is 0 Å². The first kappa shape index (κ1) is 15.0. The Morgan fingerprint density at radius 1 is 1.41 bits per heavy atom. The topological polar surface area (TPSA) is 61.7 Å². The zero-order valence-corrected chi connectivity index (χ0v) is 10.8. The molecule has 0 aromatic rings. The van der Waals surface area contributed by atoms with E-state index in [0.717, 1.165) is 6.61 Å². The van der Waals surface area contributed by atoms with Crippen molar-refractivity contribution >= 4 is 7.28 Å². The maximum atomic E-state index is 9.31. The van der Waals surface area contributed by atoms with E-state index in [2.05, 4.69) is 12.6 Å². The van der Waals surface area contributed by atoms with Gasteiger partial charge in [0.25, 0.3) is 0 Å². The summed E-state index contributed by atoms with van der Waals surface area (Å²) in [5.41, 5.74) is 0. The van der Waals surface area contributed by atoms with Gasteiger partial charge in [0.15, 0.2) is 0 Å². The van der Waals surface area contributed by atoms with Gasteiger partial charge in [0, 0.05) is 6.61 Å². The first-order valence-electron chi connectivity index (χ1n) is 6.67. The molecule has 4 nitrogen and oxygen atoms in total. The highest BCUT2D eigenvalue weighted by molar-refractivity contribution is 6.37. The Balaban J connectivity index is 2.06. The molecular formula is C12H25BNO3. The average molecular weight is 242 g/mol. The van der Waals surface area contributed by atoms with Crippen molar-refractivity contribution in [3.05, 3.63) is 0 Å². The fraction of sp³-hybridized carbons (Fsp3) is 1.00. The molecule has 1 fully saturated rings. The Hall–Kier alpha value is -0.0951. The summed E-state index contributed by atoms with van der Waals surface area (Å²) in [4.78, 5) is 0. The Morgan fingerprint density at radius 2 is 2.24 bits per heavy atom. The van der Waals surface area contributed by atoms with Gasteiger partial charge in [-0.2, -0.15) is 0 Å². The maximum Gasteiger partial charge on any atom is 0.116 e. The van der Waals surface area contributed by atoms with Gasteiger partial charge in [-0.3, -0.25) is 5.32 Å². The molecule has 99 valence electrons. The number of nitrogens with one attached hydrogen (secondary N) is 1. The lowest BCUT2D eigenvalue weighted by Crippen LogP contribution is -2.42. The Morgan fingerprint density at radius 3 is 2.94 bits per heavy atom. The van der Waals surface area contributed by atoms with Gasteiger partial charge >= 0.3 is 0 Å². The van der Waals surface area contributed by atoms with Crippen LogP contribution < -0.4 is 5.32 Å². The highest BCUT2D eigenvalue weighted by Crippen LogP contribution is 2.22. The quantitative estimate of drug-likeness (QED) is 0.350. The monoisotopic (exact) mass is 242 g/mol. The molecule has 0 aromatic carbocycles. The van der Waals surface area contributed by atoms with Gasteiger partial charge in [-0.1, -0.05) is 32.0 Å². The van der Waals surface area contributed by atoms with Crippen molar-refractivity contribution in [2.24, 2.45) is 0 Å². The number of ether oxygens (including phenoxy) is 1. The largest absolute Gasteiger partial charge is 0.395 e. The van der Waals surface area contributed by atoms with Gasteiger partial charge in [0.05, 0.1) is 25.5 Å². The normalized spacial score (nSPS) is 24.8. The van der Waals surface area contributed by atoms with E-state index in [1.807, 2.05) is 0 Å². The summed E-state index contributed by atoms with van der Waals surface area (Å²) >= 11 is 0. The lowest BCUT2D eigenvalue weighted by molar-refractivity contribution is 0.0546. The van der Waals surface area contributed by atoms with Crippen molar-refractivity contribution in [2.45, 2.75) is 56.9 Å². The first-order chi connectivity index (χ1) is 8.24. The van der Waals surface area contributed by atoms with Gasteiger partial charge in [0.1, 0.15) is 7.28 Å². The summed E-state index contributed by atoms with van der Waals surface area (Å²) in [7, 11) is 2.37. The fourth-order valence-corrected chi connectivity index (χ4v) is 2.11. The number of aliphatic hydroxyl groups excluding tert-OH is 2. The third-order valence-electron chi connectivity index (χ3n) is 3.34. The molecule has 0 aromatic heterocycles. The lowest BCUT2D eigenvalue weighted by Gasteiger charge is -2.20. The number of rotatable bonds is 7. The highest BCUT2D eigenvalue weighted by atomic mass is 16.5. The molecule has 1 aliphatic heterocycles. The molecule has 0 bridgehead atoms. The second kappa shape index (κ2) is 8.92. The molecule has 3 N–H and O–H groups in total. The van der Waals surface area contributed by atoms with Crippen molar-refractivity contribution in [2.75, 3.05) is 19.9 Å². The van der Waals surface area contributed by atoms with Gasteiger partial charge < -0.3 is 14.9 Å². The van der Waals surface area contributed by atoms with Crippen molar-refractivity contribution < 1.29 is 14.9 Å². The van der Waals surface area contributed by atoms with E-state index in [0.29, 0.717) is 12.5 Å². The molecule has 0 saturated carbocycles. The highest BCUT2D eigenvalue weighted by Gasteiger charge is 2.15. The predicted molar refractivity (Wildman–Crippen MR) is 69.3 cm³/mol. The standard InChI is InChI=1S/C12H25BNO3/c1-10(16)12(7-15)14-9-17-8-11-5-3-2-4-6-13-11/h10-12,14-16H,2-9H2,1H3. The molecule has 1 radical (unpaired) electrons. The predicted octanol–water partition coefficient (Wildman–Crippen LogP) is 0.777. The van der Waals surface area contributed by atoms with E-state index >= 15 is 0 Å². The second-order valence-corrected chi connectivity index (χ2v) is 4.88. The van der Waals surface area contributed by atoms with Crippen molar-refractivity contribution in [3.8, 4) is 0 Å². The van der Waals surface area contributed by atoms with E-state index in [4.69, 9.17) is 9.84 Å². The third kappa shape index (κ3) is 6.41. The summed E-state index contributed by atoms with van der Waals surface area (Å²) in [5.74, 6) is 0.568. The number of hydrogen-bond acceptors (Lipinski definition) is 4. The molecule has 1 saturated heterocycles. The van der Waals surface area contributed by atoms with Crippen LogP contribution in [0.25, 0.3) is 0 Å². The smallest absolute Gasteiger partial charge is 0.116 e. The maximum absolute atomic E-state index is 9.31. The van der Waals surface area contributed by atoms with Crippen LogP contribution in [0, 0.1) is 0 Å². The van der Waals surface area contributed by atoms with E-state index < -0.39 is 6.10 Å². The Bertz CT molecular complexity index is 185. The third-order valence-corrected chi connectivity index (χ3v) is 3.34. The van der Waals surface area contributed by atoms with Crippen LogP contribution in [-0.4, -0.2) is 49.6 Å². The van der Waals surface area contributed by atoms with Crippen LogP contribution in [0.15, 0.2) is 0 Å². The average Bonchev–Trinajstić information content (AvgIpc) is 2.57. The minimum absolute atomic E-state index is 0.0728. The molecule has 0 amide bonds. The molecule has 3 atom stereocenters. The summed E-state index contributed by atoms with van der Waals surface area (Å²) in [6, 6.07) is -0.298. The summed E-state index contributed by atoms with van der Waals surface area (Å²) in [6.45, 7) is 2.72. The summed E-state index contributed by atoms with van der Waals surface area (Å²) < 4.78 is 5.55. The Kier molecular flexibility index (Phi) is 7.85. The van der Waals surface area contributed by atoms with Crippen LogP contribution in [0.5, 0.6) is 0 Å². The number of hydrogen-bond donors (Lipinski definition) is 3. The molecule has 1 aliphatic rings.